The van der Waals surface area contributed by atoms with Gasteiger partial charge in [-0.15, -0.1) is 0 Å². The Morgan fingerprint density at radius 1 is 1.35 bits per heavy atom. The molecule has 0 unspecified atom stereocenters. The van der Waals surface area contributed by atoms with Crippen LogP contribution in [0.2, 0.25) is 0 Å². The van der Waals surface area contributed by atoms with Gasteiger partial charge in [-0.05, 0) is 13.3 Å². The quantitative estimate of drug-likeness (QED) is 0.907. The third-order valence-corrected chi connectivity index (χ3v) is 2.95. The van der Waals surface area contributed by atoms with E-state index in [0.29, 0.717) is 23.3 Å². The third kappa shape index (κ3) is 3.07. The van der Waals surface area contributed by atoms with Gasteiger partial charge in [0, 0.05) is 12.5 Å². The minimum absolute atomic E-state index is 0.197. The van der Waals surface area contributed by atoms with Crippen LogP contribution in [0.5, 0.6) is 11.6 Å². The molecule has 0 radical (unpaired) electrons. The van der Waals surface area contributed by atoms with Crippen LogP contribution >= 0.6 is 0 Å². The smallest absolute Gasteiger partial charge is 0.227 e. The molecule has 2 rings (SSSR count). The maximum atomic E-state index is 5.91. The molecule has 2 aromatic rings. The standard InChI is InChI=1S/C14H21N5O/c1-5-6-19-8-11(7-16-19)20-14-10(4)12(15)17-13(18-14)9(2)3/h7-9H,5-6H2,1-4H3,(H2,15,17,18). The second-order valence-corrected chi connectivity index (χ2v) is 5.09. The fourth-order valence-electron chi connectivity index (χ4n) is 1.75. The van der Waals surface area contributed by atoms with Crippen molar-refractivity contribution in [3.63, 3.8) is 0 Å². The largest absolute Gasteiger partial charge is 0.435 e. The monoisotopic (exact) mass is 275 g/mol. The summed E-state index contributed by atoms with van der Waals surface area (Å²) in [5, 5.41) is 4.23. The molecule has 0 bridgehead atoms. The molecule has 20 heavy (non-hydrogen) atoms. The van der Waals surface area contributed by atoms with E-state index in [1.54, 1.807) is 6.20 Å². The molecule has 2 heterocycles. The van der Waals surface area contributed by atoms with Crippen LogP contribution in [-0.4, -0.2) is 19.7 Å². The van der Waals surface area contributed by atoms with Gasteiger partial charge in [0.2, 0.25) is 5.88 Å². The number of aryl methyl sites for hydroxylation is 1. The normalized spacial score (nSPS) is 11.1. The molecule has 0 saturated heterocycles. The number of rotatable bonds is 5. The first kappa shape index (κ1) is 14.3. The summed E-state index contributed by atoms with van der Waals surface area (Å²) in [6, 6.07) is 0. The van der Waals surface area contributed by atoms with Crippen molar-refractivity contribution in [2.75, 3.05) is 5.73 Å². The summed E-state index contributed by atoms with van der Waals surface area (Å²) >= 11 is 0. The second kappa shape index (κ2) is 5.90. The number of aromatic nitrogens is 4. The highest BCUT2D eigenvalue weighted by Crippen LogP contribution is 2.27. The minimum Gasteiger partial charge on any atom is -0.435 e. The average molecular weight is 275 g/mol. The van der Waals surface area contributed by atoms with Crippen LogP contribution in [0.3, 0.4) is 0 Å². The van der Waals surface area contributed by atoms with Crippen molar-refractivity contribution < 1.29 is 4.74 Å². The molecule has 0 spiro atoms. The summed E-state index contributed by atoms with van der Waals surface area (Å²) in [7, 11) is 0. The number of hydrogen-bond acceptors (Lipinski definition) is 5. The molecule has 108 valence electrons. The molecular weight excluding hydrogens is 254 g/mol. The van der Waals surface area contributed by atoms with Crippen LogP contribution in [0.25, 0.3) is 0 Å². The van der Waals surface area contributed by atoms with Gasteiger partial charge in [0.1, 0.15) is 11.6 Å². The maximum Gasteiger partial charge on any atom is 0.227 e. The Labute approximate surface area is 119 Å². The Hall–Kier alpha value is -2.11. The highest BCUT2D eigenvalue weighted by atomic mass is 16.5. The van der Waals surface area contributed by atoms with Crippen LogP contribution in [-0.2, 0) is 6.54 Å². The highest BCUT2D eigenvalue weighted by molar-refractivity contribution is 5.45. The fraction of sp³-hybridized carbons (Fsp3) is 0.500. The summed E-state index contributed by atoms with van der Waals surface area (Å²) < 4.78 is 7.64. The van der Waals surface area contributed by atoms with E-state index in [4.69, 9.17) is 10.5 Å². The van der Waals surface area contributed by atoms with Crippen molar-refractivity contribution >= 4 is 5.82 Å². The van der Waals surface area contributed by atoms with Crippen molar-refractivity contribution in [1.82, 2.24) is 19.7 Å². The van der Waals surface area contributed by atoms with Gasteiger partial charge in [-0.3, -0.25) is 4.68 Å². The van der Waals surface area contributed by atoms with Gasteiger partial charge < -0.3 is 10.5 Å². The summed E-state index contributed by atoms with van der Waals surface area (Å²) in [4.78, 5) is 8.71. The maximum absolute atomic E-state index is 5.91. The minimum atomic E-state index is 0.197. The Balaban J connectivity index is 2.27. The van der Waals surface area contributed by atoms with E-state index >= 15 is 0 Å². The Kier molecular flexibility index (Phi) is 4.22. The van der Waals surface area contributed by atoms with Gasteiger partial charge in [-0.1, -0.05) is 20.8 Å². The molecule has 0 atom stereocenters. The third-order valence-electron chi connectivity index (χ3n) is 2.95. The lowest BCUT2D eigenvalue weighted by Gasteiger charge is -2.11. The van der Waals surface area contributed by atoms with Crippen LogP contribution in [0.15, 0.2) is 12.4 Å². The predicted molar refractivity (Wildman–Crippen MR) is 77.9 cm³/mol. The van der Waals surface area contributed by atoms with Crippen molar-refractivity contribution in [3.05, 3.63) is 23.8 Å². The highest BCUT2D eigenvalue weighted by Gasteiger charge is 2.13. The number of ether oxygens (including phenoxy) is 1. The molecule has 0 aliphatic carbocycles. The summed E-state index contributed by atoms with van der Waals surface area (Å²) in [6.07, 6.45) is 4.57. The molecule has 2 N–H and O–H groups in total. The second-order valence-electron chi connectivity index (χ2n) is 5.09. The molecular formula is C14H21N5O. The Morgan fingerprint density at radius 2 is 2.10 bits per heavy atom. The molecule has 0 aliphatic heterocycles. The van der Waals surface area contributed by atoms with Gasteiger partial charge in [-0.2, -0.15) is 10.1 Å². The van der Waals surface area contributed by atoms with Crippen molar-refractivity contribution in [3.8, 4) is 11.6 Å². The Bertz CT molecular complexity index is 591. The van der Waals surface area contributed by atoms with E-state index in [1.165, 1.54) is 0 Å². The van der Waals surface area contributed by atoms with Crippen molar-refractivity contribution in [1.29, 1.82) is 0 Å². The number of anilines is 1. The first-order valence-corrected chi connectivity index (χ1v) is 6.85. The van der Waals surface area contributed by atoms with Crippen LogP contribution in [0.4, 0.5) is 5.82 Å². The number of nitrogen functional groups attached to an aromatic ring is 1. The SMILES string of the molecule is CCCn1cc(Oc2nc(C(C)C)nc(N)c2C)cn1. The molecule has 0 aliphatic rings. The van der Waals surface area contributed by atoms with Crippen LogP contribution in [0, 0.1) is 6.92 Å². The first-order valence-electron chi connectivity index (χ1n) is 6.85. The topological polar surface area (TPSA) is 78.8 Å². The van der Waals surface area contributed by atoms with Gasteiger partial charge in [0.25, 0.3) is 0 Å². The van der Waals surface area contributed by atoms with E-state index in [0.717, 1.165) is 18.5 Å². The van der Waals surface area contributed by atoms with Crippen LogP contribution in [0.1, 0.15) is 44.5 Å². The Morgan fingerprint density at radius 3 is 2.75 bits per heavy atom. The molecule has 6 heteroatoms. The zero-order valence-corrected chi connectivity index (χ0v) is 12.4. The number of hydrogen-bond donors (Lipinski definition) is 1. The van der Waals surface area contributed by atoms with Crippen molar-refractivity contribution in [2.24, 2.45) is 0 Å². The van der Waals surface area contributed by atoms with Gasteiger partial charge >= 0.3 is 0 Å². The fourth-order valence-corrected chi connectivity index (χ4v) is 1.75. The van der Waals surface area contributed by atoms with Crippen LogP contribution < -0.4 is 10.5 Å². The van der Waals surface area contributed by atoms with E-state index in [2.05, 4.69) is 22.0 Å². The summed E-state index contributed by atoms with van der Waals surface area (Å²) in [6.45, 7) is 8.86. The van der Waals surface area contributed by atoms with E-state index in [1.807, 2.05) is 31.6 Å². The number of nitrogens with two attached hydrogens (primary N) is 1. The van der Waals surface area contributed by atoms with E-state index < -0.39 is 0 Å². The number of nitrogens with zero attached hydrogens (tertiary/aromatic N) is 4. The molecule has 0 fully saturated rings. The van der Waals surface area contributed by atoms with Gasteiger partial charge in [0.05, 0.1) is 18.0 Å². The molecule has 0 amide bonds. The molecule has 6 nitrogen and oxygen atoms in total. The average Bonchev–Trinajstić information content (AvgIpc) is 2.82. The molecule has 0 saturated carbocycles. The van der Waals surface area contributed by atoms with E-state index in [9.17, 15) is 0 Å². The summed E-state index contributed by atoms with van der Waals surface area (Å²) in [5.41, 5.74) is 6.66. The summed E-state index contributed by atoms with van der Waals surface area (Å²) in [5.74, 6) is 2.50. The predicted octanol–water partition coefficient (Wildman–Crippen LogP) is 2.89. The lowest BCUT2D eigenvalue weighted by Crippen LogP contribution is -2.06. The van der Waals surface area contributed by atoms with Crippen molar-refractivity contribution in [2.45, 2.75) is 46.6 Å². The molecule has 2 aromatic heterocycles. The van der Waals surface area contributed by atoms with Gasteiger partial charge in [-0.25, -0.2) is 4.98 Å². The zero-order valence-electron chi connectivity index (χ0n) is 12.4. The molecule has 0 aromatic carbocycles. The zero-order chi connectivity index (χ0) is 14.7. The first-order chi connectivity index (χ1) is 9.51. The van der Waals surface area contributed by atoms with Gasteiger partial charge in [0.15, 0.2) is 5.75 Å². The van der Waals surface area contributed by atoms with E-state index in [-0.39, 0.29) is 5.92 Å². The lowest BCUT2D eigenvalue weighted by molar-refractivity contribution is 0.452. The lowest BCUT2D eigenvalue weighted by atomic mass is 10.2.